The highest BCUT2D eigenvalue weighted by molar-refractivity contribution is 5.69. The molecule has 0 aliphatic heterocycles. The Morgan fingerprint density at radius 1 is 0.697 bits per heavy atom. The first-order valence-corrected chi connectivity index (χ1v) is 10.5. The van der Waals surface area contributed by atoms with Crippen molar-refractivity contribution in [2.24, 2.45) is 20.8 Å². The summed E-state index contributed by atoms with van der Waals surface area (Å²) in [4.78, 5) is 19.5. The molecule has 0 heterocycles. The number of carbonyl (C=O) groups excluding carboxylic acids is 1. The zero-order valence-electron chi connectivity index (χ0n) is 19.1. The Balaban J connectivity index is 4.97. The van der Waals surface area contributed by atoms with Gasteiger partial charge in [-0.15, -0.1) is 0 Å². The number of esters is 1. The lowest BCUT2D eigenvalue weighted by molar-refractivity contribution is -0.143. The average molecular weight is 472 g/mol. The van der Waals surface area contributed by atoms with E-state index in [0.29, 0.717) is 58.7 Å². The SMILES string of the molecule is COC(=O)CCOCC(COCCCN=[N+]=[N-])(COCCCN=[N+]=[N-])COCCCN=[N+]=[N-]. The van der Waals surface area contributed by atoms with Crippen LogP contribution in [0, 0.1) is 5.41 Å². The van der Waals surface area contributed by atoms with E-state index in [1.807, 2.05) is 0 Å². The number of ether oxygens (including phenoxy) is 5. The van der Waals surface area contributed by atoms with Gasteiger partial charge in [0.05, 0.1) is 52.0 Å². The van der Waals surface area contributed by atoms with Crippen LogP contribution in [0.4, 0.5) is 0 Å². The van der Waals surface area contributed by atoms with Gasteiger partial charge in [0.25, 0.3) is 0 Å². The highest BCUT2D eigenvalue weighted by Crippen LogP contribution is 2.21. The molecule has 0 fully saturated rings. The lowest BCUT2D eigenvalue weighted by atomic mass is 9.92. The van der Waals surface area contributed by atoms with Crippen molar-refractivity contribution in [2.75, 3.05) is 79.6 Å². The quantitative estimate of drug-likeness (QED) is 0.0711. The number of rotatable bonds is 23. The number of methoxy groups -OCH3 is 1. The first-order chi connectivity index (χ1) is 16.1. The molecular weight excluding hydrogens is 438 g/mol. The Bertz CT molecular complexity index is 592. The van der Waals surface area contributed by atoms with Crippen molar-refractivity contribution in [3.05, 3.63) is 31.3 Å². The van der Waals surface area contributed by atoms with Crippen LogP contribution < -0.4 is 0 Å². The molecular formula is C18H33N9O6. The van der Waals surface area contributed by atoms with Crippen LogP contribution in [0.25, 0.3) is 31.3 Å². The first-order valence-electron chi connectivity index (χ1n) is 10.5. The summed E-state index contributed by atoms with van der Waals surface area (Å²) in [7, 11) is 1.31. The van der Waals surface area contributed by atoms with Gasteiger partial charge in [-0.05, 0) is 35.9 Å². The summed E-state index contributed by atoms with van der Waals surface area (Å²) in [5.41, 5.74) is 24.4. The zero-order valence-corrected chi connectivity index (χ0v) is 19.1. The highest BCUT2D eigenvalue weighted by atomic mass is 16.5. The van der Waals surface area contributed by atoms with Gasteiger partial charge in [-0.1, -0.05) is 15.3 Å². The molecule has 15 heteroatoms. The van der Waals surface area contributed by atoms with E-state index in [4.69, 9.17) is 35.5 Å². The molecule has 15 nitrogen and oxygen atoms in total. The summed E-state index contributed by atoms with van der Waals surface area (Å²) in [6.45, 7) is 3.19. The van der Waals surface area contributed by atoms with E-state index in [1.165, 1.54) is 7.11 Å². The zero-order chi connectivity index (χ0) is 24.5. The molecule has 0 radical (unpaired) electrons. The van der Waals surface area contributed by atoms with Crippen LogP contribution in [0.1, 0.15) is 25.7 Å². The smallest absolute Gasteiger partial charge is 0.307 e. The second-order valence-electron chi connectivity index (χ2n) is 6.96. The monoisotopic (exact) mass is 471 g/mol. The van der Waals surface area contributed by atoms with Crippen molar-refractivity contribution in [2.45, 2.75) is 25.7 Å². The standard InChI is InChI=1S/C18H33N9O6/c1-29-17(28)5-12-33-16-18(13-30-9-2-6-22-25-19,14-31-10-3-7-23-26-20)15-32-11-4-8-24-27-21/h2-16H2,1H3. The normalized spacial score (nSPS) is 12.0. The molecule has 33 heavy (non-hydrogen) atoms. The molecule has 0 saturated carbocycles. The van der Waals surface area contributed by atoms with Gasteiger partial charge in [-0.25, -0.2) is 0 Å². The summed E-state index contributed by atoms with van der Waals surface area (Å²) < 4.78 is 27.7. The molecule has 0 rings (SSSR count). The highest BCUT2D eigenvalue weighted by Gasteiger charge is 2.32. The topological polar surface area (TPSA) is 210 Å². The van der Waals surface area contributed by atoms with E-state index >= 15 is 0 Å². The van der Waals surface area contributed by atoms with Crippen LogP contribution in [-0.4, -0.2) is 85.6 Å². The molecule has 0 aliphatic rings. The van der Waals surface area contributed by atoms with Gasteiger partial charge in [0.2, 0.25) is 0 Å². The van der Waals surface area contributed by atoms with Gasteiger partial charge in [-0.3, -0.25) is 4.79 Å². The number of hydrogen-bond donors (Lipinski definition) is 0. The van der Waals surface area contributed by atoms with Gasteiger partial charge in [0.15, 0.2) is 0 Å². The summed E-state index contributed by atoms with van der Waals surface area (Å²) in [6, 6.07) is 0. The lowest BCUT2D eigenvalue weighted by Gasteiger charge is -2.33. The minimum Gasteiger partial charge on any atom is -0.469 e. The van der Waals surface area contributed by atoms with Gasteiger partial charge < -0.3 is 23.7 Å². The molecule has 0 amide bonds. The van der Waals surface area contributed by atoms with Crippen LogP contribution in [-0.2, 0) is 28.5 Å². The van der Waals surface area contributed by atoms with Crippen molar-refractivity contribution < 1.29 is 28.5 Å². The summed E-state index contributed by atoms with van der Waals surface area (Å²) in [5.74, 6) is -0.376. The van der Waals surface area contributed by atoms with Crippen molar-refractivity contribution >= 4 is 5.97 Å². The number of hydrogen-bond acceptors (Lipinski definition) is 9. The molecule has 186 valence electrons. The Morgan fingerprint density at radius 3 is 1.39 bits per heavy atom. The van der Waals surface area contributed by atoms with E-state index < -0.39 is 5.41 Å². The first kappa shape index (κ1) is 30.2. The van der Waals surface area contributed by atoms with Crippen molar-refractivity contribution in [3.63, 3.8) is 0 Å². The fourth-order valence-corrected chi connectivity index (χ4v) is 2.51. The van der Waals surface area contributed by atoms with E-state index in [2.05, 4.69) is 34.8 Å². The number of azide groups is 3. The molecule has 0 aliphatic carbocycles. The molecule has 0 N–H and O–H groups in total. The Morgan fingerprint density at radius 2 is 1.06 bits per heavy atom. The summed E-state index contributed by atoms with van der Waals surface area (Å²) >= 11 is 0. The van der Waals surface area contributed by atoms with E-state index in [-0.39, 0.29) is 45.4 Å². The molecule has 0 aromatic carbocycles. The van der Waals surface area contributed by atoms with E-state index in [1.54, 1.807) is 0 Å². The Hall–Kier alpha value is -2.76. The maximum atomic E-state index is 11.3. The second-order valence-corrected chi connectivity index (χ2v) is 6.96. The minimum atomic E-state index is -0.675. The van der Waals surface area contributed by atoms with Gasteiger partial charge in [0.1, 0.15) is 0 Å². The third-order valence-corrected chi connectivity index (χ3v) is 4.14. The average Bonchev–Trinajstić information content (AvgIpc) is 2.83. The van der Waals surface area contributed by atoms with Crippen LogP contribution in [0.15, 0.2) is 15.3 Å². The predicted molar refractivity (Wildman–Crippen MR) is 118 cm³/mol. The molecule has 0 atom stereocenters. The second kappa shape index (κ2) is 22.4. The maximum Gasteiger partial charge on any atom is 0.307 e. The minimum absolute atomic E-state index is 0.111. The molecule has 0 spiro atoms. The third-order valence-electron chi connectivity index (χ3n) is 4.14. The number of carbonyl (C=O) groups is 1. The predicted octanol–water partition coefficient (Wildman–Crippen LogP) is 3.70. The summed E-state index contributed by atoms with van der Waals surface area (Å²) in [6.07, 6.45) is 1.79. The van der Waals surface area contributed by atoms with Crippen LogP contribution in [0.3, 0.4) is 0 Å². The van der Waals surface area contributed by atoms with Crippen LogP contribution in [0.2, 0.25) is 0 Å². The van der Waals surface area contributed by atoms with E-state index in [9.17, 15) is 4.79 Å². The lowest BCUT2D eigenvalue weighted by Crippen LogP contribution is -2.42. The van der Waals surface area contributed by atoms with Crippen LogP contribution in [0.5, 0.6) is 0 Å². The third kappa shape index (κ3) is 18.5. The fraction of sp³-hybridized carbons (Fsp3) is 0.944. The van der Waals surface area contributed by atoms with E-state index in [0.717, 1.165) is 0 Å². The molecule has 0 unspecified atom stereocenters. The molecule has 0 aromatic rings. The van der Waals surface area contributed by atoms with Gasteiger partial charge >= 0.3 is 5.97 Å². The van der Waals surface area contributed by atoms with Crippen LogP contribution >= 0.6 is 0 Å². The summed E-state index contributed by atoms with van der Waals surface area (Å²) in [5, 5.41) is 10.4. The van der Waals surface area contributed by atoms with Gasteiger partial charge in [0, 0.05) is 54.2 Å². The van der Waals surface area contributed by atoms with Crippen molar-refractivity contribution in [3.8, 4) is 0 Å². The maximum absolute atomic E-state index is 11.3. The Kier molecular flexibility index (Phi) is 20.6. The van der Waals surface area contributed by atoms with Gasteiger partial charge in [-0.2, -0.15) is 0 Å². The Labute approximate surface area is 192 Å². The molecule has 0 bridgehead atoms. The largest absolute Gasteiger partial charge is 0.469 e. The fourth-order valence-electron chi connectivity index (χ4n) is 2.51. The van der Waals surface area contributed by atoms with Crippen molar-refractivity contribution in [1.82, 2.24) is 0 Å². The van der Waals surface area contributed by atoms with Crippen molar-refractivity contribution in [1.29, 1.82) is 0 Å². The molecule has 0 aromatic heterocycles. The number of nitrogens with zero attached hydrogens (tertiary/aromatic N) is 9. The molecule has 0 saturated heterocycles.